The summed E-state index contributed by atoms with van der Waals surface area (Å²) in [7, 11) is 1.61. The van der Waals surface area contributed by atoms with Crippen LogP contribution >= 0.6 is 0 Å². The number of carbonyl (C=O) groups excluding carboxylic acids is 2. The second kappa shape index (κ2) is 11.2. The second-order valence-electron chi connectivity index (χ2n) is 4.98. The van der Waals surface area contributed by atoms with Gasteiger partial charge < -0.3 is 25.8 Å². The summed E-state index contributed by atoms with van der Waals surface area (Å²) in [5, 5.41) is 5.32. The summed E-state index contributed by atoms with van der Waals surface area (Å²) in [6, 6.07) is 6.77. The zero-order valence-electron chi connectivity index (χ0n) is 13.5. The zero-order valence-corrected chi connectivity index (χ0v) is 13.5. The third-order valence-corrected chi connectivity index (χ3v) is 3.13. The largest absolute Gasteiger partial charge is 0.497 e. The maximum absolute atomic E-state index is 11.6. The number of benzene rings is 1. The highest BCUT2D eigenvalue weighted by molar-refractivity contribution is 5.75. The monoisotopic (exact) mass is 323 g/mol. The van der Waals surface area contributed by atoms with Gasteiger partial charge in [0.15, 0.2) is 0 Å². The van der Waals surface area contributed by atoms with Crippen LogP contribution in [0.4, 0.5) is 4.79 Å². The number of urea groups is 1. The highest BCUT2D eigenvalue weighted by atomic mass is 16.5. The number of nitrogens with one attached hydrogen (secondary N) is 2. The maximum Gasteiger partial charge on any atom is 0.312 e. The first kappa shape index (κ1) is 18.6. The fourth-order valence-electron chi connectivity index (χ4n) is 1.92. The van der Waals surface area contributed by atoms with Gasteiger partial charge in [-0.25, -0.2) is 4.79 Å². The molecule has 1 rings (SSSR count). The van der Waals surface area contributed by atoms with Crippen molar-refractivity contribution >= 4 is 11.9 Å². The van der Waals surface area contributed by atoms with Gasteiger partial charge in [0, 0.05) is 13.0 Å². The minimum atomic E-state index is -0.514. The average Bonchev–Trinajstić information content (AvgIpc) is 2.55. The highest BCUT2D eigenvalue weighted by Gasteiger charge is 2.01. The molecule has 0 spiro atoms. The summed E-state index contributed by atoms with van der Waals surface area (Å²) in [6.45, 7) is 1.43. The molecule has 0 unspecified atom stereocenters. The van der Waals surface area contributed by atoms with E-state index in [1.165, 1.54) is 0 Å². The number of primary amides is 1. The molecule has 0 aliphatic heterocycles. The van der Waals surface area contributed by atoms with Gasteiger partial charge in [0.25, 0.3) is 0 Å². The molecule has 0 aliphatic carbocycles. The number of carbonyl (C=O) groups is 2. The van der Waals surface area contributed by atoms with Crippen LogP contribution in [0, 0.1) is 0 Å². The molecule has 0 radical (unpaired) electrons. The van der Waals surface area contributed by atoms with Crippen molar-refractivity contribution < 1.29 is 19.1 Å². The maximum atomic E-state index is 11.6. The summed E-state index contributed by atoms with van der Waals surface area (Å²) in [6.07, 6.45) is 2.94. The Kier molecular flexibility index (Phi) is 9.04. The van der Waals surface area contributed by atoms with Gasteiger partial charge in [-0.3, -0.25) is 4.79 Å². The van der Waals surface area contributed by atoms with Crippen LogP contribution in [0.3, 0.4) is 0 Å². The standard InChI is InChI=1S/C16H25N3O4/c1-22-13-6-8-14(9-7-13)23-12-11-18-15(20)5-3-2-4-10-19-16(17)21/h6-9H,2-5,10-12H2,1H3,(H,18,20)(H3,17,19,21). The minimum absolute atomic E-state index is 0.00573. The fraction of sp³-hybridized carbons (Fsp3) is 0.500. The Morgan fingerprint density at radius 3 is 2.35 bits per heavy atom. The molecule has 0 saturated carbocycles. The first-order valence-electron chi connectivity index (χ1n) is 7.68. The quantitative estimate of drug-likeness (QED) is 0.536. The van der Waals surface area contributed by atoms with Gasteiger partial charge in [-0.05, 0) is 37.1 Å². The summed E-state index contributed by atoms with van der Waals surface area (Å²) in [5.41, 5.74) is 4.95. The number of unbranched alkanes of at least 4 members (excludes halogenated alkanes) is 2. The van der Waals surface area contributed by atoms with Crippen molar-refractivity contribution in [3.8, 4) is 11.5 Å². The van der Waals surface area contributed by atoms with Crippen molar-refractivity contribution in [2.24, 2.45) is 5.73 Å². The van der Waals surface area contributed by atoms with E-state index in [2.05, 4.69) is 10.6 Å². The first-order chi connectivity index (χ1) is 11.1. The van der Waals surface area contributed by atoms with E-state index in [1.807, 2.05) is 24.3 Å². The molecule has 0 bridgehead atoms. The molecule has 0 heterocycles. The molecule has 7 nitrogen and oxygen atoms in total. The predicted octanol–water partition coefficient (Wildman–Crippen LogP) is 1.42. The van der Waals surface area contributed by atoms with Crippen LogP contribution in [-0.4, -0.2) is 38.7 Å². The zero-order chi connectivity index (χ0) is 16.9. The summed E-state index contributed by atoms with van der Waals surface area (Å²) in [4.78, 5) is 22.1. The molecule has 23 heavy (non-hydrogen) atoms. The van der Waals surface area contributed by atoms with Gasteiger partial charge in [0.2, 0.25) is 5.91 Å². The van der Waals surface area contributed by atoms with E-state index < -0.39 is 6.03 Å². The normalized spacial score (nSPS) is 9.96. The second-order valence-corrected chi connectivity index (χ2v) is 4.98. The van der Waals surface area contributed by atoms with Gasteiger partial charge >= 0.3 is 6.03 Å². The Labute approximate surface area is 136 Å². The summed E-state index contributed by atoms with van der Waals surface area (Å²) >= 11 is 0. The number of methoxy groups -OCH3 is 1. The van der Waals surface area contributed by atoms with E-state index in [0.29, 0.717) is 26.1 Å². The summed E-state index contributed by atoms with van der Waals surface area (Å²) < 4.78 is 10.6. The molecule has 0 aromatic heterocycles. The Balaban J connectivity index is 2.00. The van der Waals surface area contributed by atoms with Gasteiger partial charge in [0.1, 0.15) is 18.1 Å². The Hall–Kier alpha value is -2.44. The van der Waals surface area contributed by atoms with Crippen molar-refractivity contribution in [2.75, 3.05) is 26.8 Å². The van der Waals surface area contributed by atoms with Gasteiger partial charge in [-0.15, -0.1) is 0 Å². The molecule has 1 aromatic carbocycles. The van der Waals surface area contributed by atoms with Gasteiger partial charge in [0.05, 0.1) is 13.7 Å². The van der Waals surface area contributed by atoms with Crippen molar-refractivity contribution in [2.45, 2.75) is 25.7 Å². The SMILES string of the molecule is COc1ccc(OCCNC(=O)CCCCCNC(N)=O)cc1. The molecule has 0 atom stereocenters. The molecular formula is C16H25N3O4. The van der Waals surface area contributed by atoms with E-state index in [1.54, 1.807) is 7.11 Å². The molecule has 3 amide bonds. The fourth-order valence-corrected chi connectivity index (χ4v) is 1.92. The van der Waals surface area contributed by atoms with Crippen LogP contribution in [0.1, 0.15) is 25.7 Å². The van der Waals surface area contributed by atoms with Crippen molar-refractivity contribution in [1.29, 1.82) is 0 Å². The molecule has 0 saturated heterocycles. The Morgan fingerprint density at radius 1 is 1.00 bits per heavy atom. The lowest BCUT2D eigenvalue weighted by Gasteiger charge is -2.08. The smallest absolute Gasteiger partial charge is 0.312 e. The number of nitrogens with two attached hydrogens (primary N) is 1. The van der Waals surface area contributed by atoms with Crippen LogP contribution in [0.15, 0.2) is 24.3 Å². The van der Waals surface area contributed by atoms with Gasteiger partial charge in [-0.1, -0.05) is 6.42 Å². The number of hydrogen-bond donors (Lipinski definition) is 3. The van der Waals surface area contributed by atoms with E-state index in [9.17, 15) is 9.59 Å². The van der Waals surface area contributed by atoms with Gasteiger partial charge in [-0.2, -0.15) is 0 Å². The lowest BCUT2D eigenvalue weighted by molar-refractivity contribution is -0.121. The van der Waals surface area contributed by atoms with Crippen molar-refractivity contribution in [3.63, 3.8) is 0 Å². The van der Waals surface area contributed by atoms with E-state index in [4.69, 9.17) is 15.2 Å². The van der Waals surface area contributed by atoms with Crippen LogP contribution in [0.2, 0.25) is 0 Å². The van der Waals surface area contributed by atoms with E-state index in [0.717, 1.165) is 30.8 Å². The number of ether oxygens (including phenoxy) is 2. The third kappa shape index (κ3) is 9.23. The Morgan fingerprint density at radius 2 is 1.70 bits per heavy atom. The molecule has 128 valence electrons. The van der Waals surface area contributed by atoms with E-state index >= 15 is 0 Å². The Bertz CT molecular complexity index is 477. The lowest BCUT2D eigenvalue weighted by Crippen LogP contribution is -2.30. The molecular weight excluding hydrogens is 298 g/mol. The third-order valence-electron chi connectivity index (χ3n) is 3.13. The van der Waals surface area contributed by atoms with Crippen LogP contribution in [-0.2, 0) is 4.79 Å². The van der Waals surface area contributed by atoms with Crippen molar-refractivity contribution in [1.82, 2.24) is 10.6 Å². The molecule has 7 heteroatoms. The predicted molar refractivity (Wildman–Crippen MR) is 87.6 cm³/mol. The topological polar surface area (TPSA) is 103 Å². The molecule has 4 N–H and O–H groups in total. The lowest BCUT2D eigenvalue weighted by atomic mass is 10.2. The average molecular weight is 323 g/mol. The number of rotatable bonds is 11. The van der Waals surface area contributed by atoms with Crippen LogP contribution in [0.25, 0.3) is 0 Å². The molecule has 1 aromatic rings. The van der Waals surface area contributed by atoms with Crippen LogP contribution < -0.4 is 25.8 Å². The van der Waals surface area contributed by atoms with Crippen molar-refractivity contribution in [3.05, 3.63) is 24.3 Å². The minimum Gasteiger partial charge on any atom is -0.497 e. The number of hydrogen-bond acceptors (Lipinski definition) is 4. The van der Waals surface area contributed by atoms with E-state index in [-0.39, 0.29) is 5.91 Å². The highest BCUT2D eigenvalue weighted by Crippen LogP contribution is 2.16. The molecule has 0 fully saturated rings. The van der Waals surface area contributed by atoms with Crippen LogP contribution in [0.5, 0.6) is 11.5 Å². The molecule has 0 aliphatic rings. The summed E-state index contributed by atoms with van der Waals surface area (Å²) in [5.74, 6) is 1.52. The number of amides is 3. The first-order valence-corrected chi connectivity index (χ1v) is 7.68.